The topological polar surface area (TPSA) is 53.6 Å². The molecule has 1 fully saturated rings. The molecule has 2 rings (SSSR count). The summed E-state index contributed by atoms with van der Waals surface area (Å²) in [6.45, 7) is 3.06. The van der Waals surface area contributed by atoms with Gasteiger partial charge < -0.3 is 5.32 Å². The molecule has 0 bridgehead atoms. The minimum absolute atomic E-state index is 0.777. The lowest BCUT2D eigenvalue weighted by atomic mass is 9.95. The van der Waals surface area contributed by atoms with Crippen molar-refractivity contribution in [3.63, 3.8) is 0 Å². The van der Waals surface area contributed by atoms with Crippen molar-refractivity contribution in [1.82, 2.24) is 20.5 Å². The molecule has 1 aromatic rings. The molecule has 1 saturated carbocycles. The molecular weight excluding hydrogens is 232 g/mol. The van der Waals surface area contributed by atoms with Gasteiger partial charge in [-0.15, -0.1) is 5.10 Å². The molecule has 5 heteroatoms. The number of aromatic nitrogens is 3. The monoisotopic (exact) mass is 254 g/mol. The van der Waals surface area contributed by atoms with Gasteiger partial charge in [0.15, 0.2) is 0 Å². The summed E-state index contributed by atoms with van der Waals surface area (Å²) in [5.74, 6) is 1.99. The molecule has 2 N–H and O–H groups in total. The highest BCUT2D eigenvalue weighted by molar-refractivity contribution is 7.99. The van der Waals surface area contributed by atoms with E-state index < -0.39 is 0 Å². The van der Waals surface area contributed by atoms with Crippen LogP contribution in [0.4, 0.5) is 0 Å². The van der Waals surface area contributed by atoms with Gasteiger partial charge in [0.25, 0.3) is 0 Å². The first-order valence-corrected chi connectivity index (χ1v) is 7.58. The lowest BCUT2D eigenvalue weighted by Gasteiger charge is -2.22. The van der Waals surface area contributed by atoms with Crippen molar-refractivity contribution in [1.29, 1.82) is 0 Å². The highest BCUT2D eigenvalue weighted by Gasteiger charge is 2.11. The Hall–Kier alpha value is -0.550. The largest absolute Gasteiger partial charge is 0.314 e. The van der Waals surface area contributed by atoms with Gasteiger partial charge in [-0.3, -0.25) is 5.10 Å². The van der Waals surface area contributed by atoms with Crippen LogP contribution >= 0.6 is 11.8 Å². The first kappa shape index (κ1) is 12.9. The number of thioether (sulfide) groups is 1. The Morgan fingerprint density at radius 2 is 2.18 bits per heavy atom. The Kier molecular flexibility index (Phi) is 5.32. The molecular formula is C12H22N4S. The summed E-state index contributed by atoms with van der Waals surface area (Å²) in [7, 11) is 0. The molecule has 0 aromatic carbocycles. The van der Waals surface area contributed by atoms with Crippen LogP contribution in [-0.2, 0) is 0 Å². The molecule has 1 aliphatic carbocycles. The van der Waals surface area contributed by atoms with Crippen LogP contribution in [0.1, 0.15) is 44.3 Å². The number of aryl methyl sites for hydroxylation is 1. The molecule has 0 radical (unpaired) electrons. The third-order valence-electron chi connectivity index (χ3n) is 3.17. The van der Waals surface area contributed by atoms with Gasteiger partial charge in [0.1, 0.15) is 5.82 Å². The minimum Gasteiger partial charge on any atom is -0.314 e. The van der Waals surface area contributed by atoms with E-state index in [2.05, 4.69) is 20.5 Å². The zero-order valence-corrected chi connectivity index (χ0v) is 11.4. The fourth-order valence-electron chi connectivity index (χ4n) is 2.24. The Morgan fingerprint density at radius 1 is 1.35 bits per heavy atom. The maximum atomic E-state index is 4.27. The van der Waals surface area contributed by atoms with E-state index in [0.29, 0.717) is 0 Å². The SMILES string of the molecule is Cc1nc(SCCCNC2CCCCC2)n[nH]1. The van der Waals surface area contributed by atoms with E-state index in [1.165, 1.54) is 38.5 Å². The van der Waals surface area contributed by atoms with Crippen LogP contribution in [-0.4, -0.2) is 33.5 Å². The maximum absolute atomic E-state index is 4.27. The number of hydrogen-bond acceptors (Lipinski definition) is 4. The van der Waals surface area contributed by atoms with Crippen LogP contribution in [0.3, 0.4) is 0 Å². The van der Waals surface area contributed by atoms with Crippen LogP contribution in [0.5, 0.6) is 0 Å². The van der Waals surface area contributed by atoms with Gasteiger partial charge in [-0.25, -0.2) is 4.98 Å². The second-order valence-corrected chi connectivity index (χ2v) is 5.76. The minimum atomic E-state index is 0.777. The Bertz CT molecular complexity index is 320. The molecule has 1 aliphatic rings. The number of aromatic amines is 1. The Morgan fingerprint density at radius 3 is 2.88 bits per heavy atom. The van der Waals surface area contributed by atoms with Gasteiger partial charge in [-0.05, 0) is 32.7 Å². The number of hydrogen-bond donors (Lipinski definition) is 2. The number of nitrogens with one attached hydrogen (secondary N) is 2. The molecule has 0 amide bonds. The predicted octanol–water partition coefficient (Wildman–Crippen LogP) is 2.52. The lowest BCUT2D eigenvalue weighted by molar-refractivity contribution is 0.375. The van der Waals surface area contributed by atoms with Crippen molar-refractivity contribution >= 4 is 11.8 Å². The Labute approximate surface area is 107 Å². The zero-order valence-electron chi connectivity index (χ0n) is 10.5. The third-order valence-corrected chi connectivity index (χ3v) is 4.10. The summed E-state index contributed by atoms with van der Waals surface area (Å²) in [4.78, 5) is 4.27. The van der Waals surface area contributed by atoms with Gasteiger partial charge in [-0.2, -0.15) is 0 Å². The van der Waals surface area contributed by atoms with E-state index in [0.717, 1.165) is 29.3 Å². The third kappa shape index (κ3) is 4.68. The standard InChI is InChI=1S/C12H22N4S/c1-10-14-12(16-15-10)17-9-5-8-13-11-6-3-2-4-7-11/h11,13H,2-9H2,1H3,(H,14,15,16). The number of nitrogens with zero attached hydrogens (tertiary/aromatic N) is 2. The summed E-state index contributed by atoms with van der Waals surface area (Å²) in [6, 6.07) is 0.777. The summed E-state index contributed by atoms with van der Waals surface area (Å²) < 4.78 is 0. The van der Waals surface area contributed by atoms with Crippen LogP contribution in [0.15, 0.2) is 5.16 Å². The molecule has 1 aromatic heterocycles. The van der Waals surface area contributed by atoms with Crippen LogP contribution in [0.2, 0.25) is 0 Å². The highest BCUT2D eigenvalue weighted by Crippen LogP contribution is 2.17. The quantitative estimate of drug-likeness (QED) is 0.605. The normalized spacial score (nSPS) is 17.5. The zero-order chi connectivity index (χ0) is 11.9. The summed E-state index contributed by atoms with van der Waals surface area (Å²) >= 11 is 1.73. The van der Waals surface area contributed by atoms with E-state index in [9.17, 15) is 0 Å². The molecule has 96 valence electrons. The van der Waals surface area contributed by atoms with Crippen LogP contribution in [0, 0.1) is 6.92 Å². The molecule has 17 heavy (non-hydrogen) atoms. The maximum Gasteiger partial charge on any atom is 0.208 e. The van der Waals surface area contributed by atoms with E-state index in [1.807, 2.05) is 6.92 Å². The summed E-state index contributed by atoms with van der Waals surface area (Å²) in [5.41, 5.74) is 0. The average Bonchev–Trinajstić information content (AvgIpc) is 2.76. The first-order chi connectivity index (χ1) is 8.34. The van der Waals surface area contributed by atoms with Crippen molar-refractivity contribution in [3.8, 4) is 0 Å². The van der Waals surface area contributed by atoms with Crippen molar-refractivity contribution in [2.24, 2.45) is 0 Å². The second kappa shape index (κ2) is 7.01. The second-order valence-electron chi connectivity index (χ2n) is 4.69. The summed E-state index contributed by atoms with van der Waals surface area (Å²) in [5, 5.41) is 11.5. The fourth-order valence-corrected chi connectivity index (χ4v) is 3.02. The molecule has 4 nitrogen and oxygen atoms in total. The molecule has 1 heterocycles. The summed E-state index contributed by atoms with van der Waals surface area (Å²) in [6.07, 6.45) is 8.17. The highest BCUT2D eigenvalue weighted by atomic mass is 32.2. The van der Waals surface area contributed by atoms with Gasteiger partial charge in [0, 0.05) is 11.8 Å². The lowest BCUT2D eigenvalue weighted by Crippen LogP contribution is -2.31. The van der Waals surface area contributed by atoms with Crippen LogP contribution in [0.25, 0.3) is 0 Å². The van der Waals surface area contributed by atoms with Crippen molar-refractivity contribution in [2.45, 2.75) is 56.6 Å². The molecule has 0 saturated heterocycles. The van der Waals surface area contributed by atoms with Gasteiger partial charge in [0.05, 0.1) is 0 Å². The molecule has 0 spiro atoms. The van der Waals surface area contributed by atoms with Gasteiger partial charge >= 0.3 is 0 Å². The smallest absolute Gasteiger partial charge is 0.208 e. The number of rotatable bonds is 6. The van der Waals surface area contributed by atoms with Crippen molar-refractivity contribution in [2.75, 3.05) is 12.3 Å². The van der Waals surface area contributed by atoms with E-state index in [1.54, 1.807) is 11.8 Å². The van der Waals surface area contributed by atoms with Gasteiger partial charge in [-0.1, -0.05) is 31.0 Å². The number of H-pyrrole nitrogens is 1. The predicted molar refractivity (Wildman–Crippen MR) is 71.3 cm³/mol. The first-order valence-electron chi connectivity index (χ1n) is 6.60. The van der Waals surface area contributed by atoms with E-state index in [4.69, 9.17) is 0 Å². The fraction of sp³-hybridized carbons (Fsp3) is 0.833. The van der Waals surface area contributed by atoms with Gasteiger partial charge in [0.2, 0.25) is 5.16 Å². The molecule has 0 aliphatic heterocycles. The average molecular weight is 254 g/mol. The van der Waals surface area contributed by atoms with Crippen molar-refractivity contribution < 1.29 is 0 Å². The van der Waals surface area contributed by atoms with Crippen LogP contribution < -0.4 is 5.32 Å². The van der Waals surface area contributed by atoms with Crippen molar-refractivity contribution in [3.05, 3.63) is 5.82 Å². The molecule has 0 atom stereocenters. The molecule has 0 unspecified atom stereocenters. The van der Waals surface area contributed by atoms with E-state index in [-0.39, 0.29) is 0 Å². The van der Waals surface area contributed by atoms with E-state index >= 15 is 0 Å². The Balaban J connectivity index is 1.51.